The summed E-state index contributed by atoms with van der Waals surface area (Å²) in [4.78, 5) is 58.4. The van der Waals surface area contributed by atoms with Crippen LogP contribution >= 0.6 is 22.7 Å². The maximum Gasteiger partial charge on any atom is 0.307 e. The van der Waals surface area contributed by atoms with Crippen LogP contribution < -0.4 is 30.1 Å². The standard InChI is InChI=1S/C31H28N4O10S2/c1-41-18-10-16-22(12-20(18)43-3)46-29-26(16)33-15-35(31(29)40)7-5-25(38)45-9-8-44-21-13-23-17(11-19(21)42-2)27-28(47-23)30(39)34(14-32-27)6-4-24(36)37/h10-15H,4-9H2,1-3H3,(H,36,37). The van der Waals surface area contributed by atoms with Crippen molar-refractivity contribution in [3.05, 3.63) is 57.6 Å². The number of carboxylic acid groups (broad SMARTS) is 1. The van der Waals surface area contributed by atoms with Crippen molar-refractivity contribution in [2.75, 3.05) is 34.5 Å². The molecule has 0 saturated heterocycles. The summed E-state index contributed by atoms with van der Waals surface area (Å²) >= 11 is 2.51. The third-order valence-corrected chi connectivity index (χ3v) is 9.67. The molecule has 16 heteroatoms. The highest BCUT2D eigenvalue weighted by Gasteiger charge is 2.18. The molecule has 0 spiro atoms. The van der Waals surface area contributed by atoms with Gasteiger partial charge >= 0.3 is 11.9 Å². The van der Waals surface area contributed by atoms with Crippen LogP contribution in [0.3, 0.4) is 0 Å². The molecule has 0 unspecified atom stereocenters. The molecule has 0 saturated carbocycles. The third kappa shape index (κ3) is 6.16. The number of fused-ring (bicyclic) bond motifs is 6. The number of rotatable bonds is 13. The molecule has 4 aromatic heterocycles. The molecule has 4 heterocycles. The second kappa shape index (κ2) is 13.3. The molecule has 0 atom stereocenters. The smallest absolute Gasteiger partial charge is 0.307 e. The van der Waals surface area contributed by atoms with Gasteiger partial charge in [0.15, 0.2) is 23.0 Å². The highest BCUT2D eigenvalue weighted by Crippen LogP contribution is 2.40. The fraction of sp³-hybridized carbons (Fsp3) is 0.290. The minimum absolute atomic E-state index is 0.0164. The maximum absolute atomic E-state index is 13.2. The number of aromatic nitrogens is 4. The van der Waals surface area contributed by atoms with Crippen LogP contribution in [0.4, 0.5) is 0 Å². The van der Waals surface area contributed by atoms with E-state index in [0.29, 0.717) is 48.8 Å². The number of ether oxygens (including phenoxy) is 5. The normalized spacial score (nSPS) is 11.4. The minimum Gasteiger partial charge on any atom is -0.493 e. The van der Waals surface area contributed by atoms with E-state index in [1.807, 2.05) is 0 Å². The van der Waals surface area contributed by atoms with E-state index in [1.54, 1.807) is 38.5 Å². The number of thiophene rings is 2. The predicted molar refractivity (Wildman–Crippen MR) is 176 cm³/mol. The quantitative estimate of drug-likeness (QED) is 0.137. The van der Waals surface area contributed by atoms with Crippen molar-refractivity contribution < 1.29 is 38.4 Å². The number of esters is 1. The number of benzene rings is 2. The molecule has 0 aliphatic rings. The van der Waals surface area contributed by atoms with Gasteiger partial charge in [-0.3, -0.25) is 28.3 Å². The van der Waals surface area contributed by atoms with Gasteiger partial charge in [-0.15, -0.1) is 22.7 Å². The first kappa shape index (κ1) is 31.7. The summed E-state index contributed by atoms with van der Waals surface area (Å²) in [7, 11) is 4.57. The molecule has 14 nitrogen and oxygen atoms in total. The second-order valence-electron chi connectivity index (χ2n) is 10.2. The van der Waals surface area contributed by atoms with Crippen LogP contribution in [0.15, 0.2) is 46.5 Å². The molecule has 244 valence electrons. The van der Waals surface area contributed by atoms with Gasteiger partial charge in [0, 0.05) is 45.4 Å². The number of carbonyl (C=O) groups is 2. The van der Waals surface area contributed by atoms with Gasteiger partial charge in [0.05, 0.1) is 57.9 Å². The van der Waals surface area contributed by atoms with Crippen molar-refractivity contribution in [3.63, 3.8) is 0 Å². The maximum atomic E-state index is 13.2. The number of hydrogen-bond acceptors (Lipinski definition) is 13. The van der Waals surface area contributed by atoms with Crippen LogP contribution in [0, 0.1) is 0 Å². The summed E-state index contributed by atoms with van der Waals surface area (Å²) in [5, 5.41) is 10.4. The Hall–Kier alpha value is -5.22. The number of aryl methyl sites for hydroxylation is 2. The Balaban J connectivity index is 1.08. The first-order chi connectivity index (χ1) is 22.7. The van der Waals surface area contributed by atoms with Crippen LogP contribution in [-0.4, -0.2) is 70.7 Å². The molecule has 0 fully saturated rings. The fourth-order valence-electron chi connectivity index (χ4n) is 5.07. The van der Waals surface area contributed by atoms with Crippen LogP contribution in [-0.2, 0) is 27.4 Å². The lowest BCUT2D eigenvalue weighted by atomic mass is 10.2. The molecule has 0 aliphatic heterocycles. The fourth-order valence-corrected chi connectivity index (χ4v) is 7.30. The molecule has 0 bridgehead atoms. The molecule has 0 radical (unpaired) electrons. The summed E-state index contributed by atoms with van der Waals surface area (Å²) in [5.74, 6) is 0.363. The molecular formula is C31H28N4O10S2. The van der Waals surface area contributed by atoms with Crippen molar-refractivity contribution in [1.82, 2.24) is 19.1 Å². The van der Waals surface area contributed by atoms with Gasteiger partial charge < -0.3 is 28.8 Å². The molecule has 0 aliphatic carbocycles. The molecule has 2 aromatic carbocycles. The van der Waals surface area contributed by atoms with Crippen molar-refractivity contribution >= 4 is 75.2 Å². The molecule has 6 aromatic rings. The van der Waals surface area contributed by atoms with Gasteiger partial charge in [-0.1, -0.05) is 0 Å². The Morgan fingerprint density at radius 3 is 1.74 bits per heavy atom. The lowest BCUT2D eigenvalue weighted by Gasteiger charge is -2.11. The van der Waals surface area contributed by atoms with Gasteiger partial charge in [-0.05, 0) is 12.1 Å². The van der Waals surface area contributed by atoms with Gasteiger partial charge in [-0.2, -0.15) is 0 Å². The number of hydrogen-bond donors (Lipinski definition) is 1. The molecular weight excluding hydrogens is 652 g/mol. The minimum atomic E-state index is -1.01. The average Bonchev–Trinajstić information content (AvgIpc) is 3.63. The summed E-state index contributed by atoms with van der Waals surface area (Å²) in [6.45, 7) is 0.0861. The Morgan fingerprint density at radius 2 is 1.21 bits per heavy atom. The lowest BCUT2D eigenvalue weighted by molar-refractivity contribution is -0.144. The summed E-state index contributed by atoms with van der Waals surface area (Å²) < 4.78 is 32.5. The Kier molecular flexibility index (Phi) is 8.95. The van der Waals surface area contributed by atoms with Crippen molar-refractivity contribution in [3.8, 4) is 23.0 Å². The summed E-state index contributed by atoms with van der Waals surface area (Å²) in [6, 6.07) is 7.04. The van der Waals surface area contributed by atoms with E-state index in [1.165, 1.54) is 51.6 Å². The van der Waals surface area contributed by atoms with Gasteiger partial charge in [-0.25, -0.2) is 9.97 Å². The van der Waals surface area contributed by atoms with Crippen molar-refractivity contribution in [1.29, 1.82) is 0 Å². The zero-order chi connectivity index (χ0) is 33.2. The average molecular weight is 681 g/mol. The van der Waals surface area contributed by atoms with E-state index in [-0.39, 0.29) is 50.3 Å². The first-order valence-electron chi connectivity index (χ1n) is 14.3. The molecule has 6 rings (SSSR count). The summed E-state index contributed by atoms with van der Waals surface area (Å²) in [5.41, 5.74) is 0.458. The van der Waals surface area contributed by atoms with Gasteiger partial charge in [0.1, 0.15) is 22.6 Å². The van der Waals surface area contributed by atoms with Crippen LogP contribution in [0.25, 0.3) is 40.6 Å². The number of nitrogens with zero attached hydrogens (tertiary/aromatic N) is 4. The Bertz CT molecular complexity index is 2290. The zero-order valence-corrected chi connectivity index (χ0v) is 27.1. The molecule has 47 heavy (non-hydrogen) atoms. The van der Waals surface area contributed by atoms with Gasteiger partial charge in [0.2, 0.25) is 0 Å². The van der Waals surface area contributed by atoms with Gasteiger partial charge in [0.25, 0.3) is 11.1 Å². The Labute approximate surface area is 273 Å². The highest BCUT2D eigenvalue weighted by atomic mass is 32.1. The topological polar surface area (TPSA) is 170 Å². The number of carbonyl (C=O) groups excluding carboxylic acids is 1. The van der Waals surface area contributed by atoms with E-state index in [0.717, 1.165) is 14.8 Å². The number of carboxylic acids is 1. The SMILES string of the molecule is COc1cc2sc3c(=O)n(CCC(=O)OCCOc4cc5sc6c(=O)n(CCC(=O)O)cnc6c5cc4OC)cnc3c2cc1OC. The van der Waals surface area contributed by atoms with E-state index in [4.69, 9.17) is 28.8 Å². The third-order valence-electron chi connectivity index (χ3n) is 7.41. The lowest BCUT2D eigenvalue weighted by Crippen LogP contribution is -2.22. The Morgan fingerprint density at radius 1 is 0.723 bits per heavy atom. The monoisotopic (exact) mass is 680 g/mol. The van der Waals surface area contributed by atoms with Crippen molar-refractivity contribution in [2.45, 2.75) is 25.9 Å². The largest absolute Gasteiger partial charge is 0.493 e. The van der Waals surface area contributed by atoms with E-state index in [9.17, 15) is 19.2 Å². The van der Waals surface area contributed by atoms with Crippen LogP contribution in [0.5, 0.6) is 23.0 Å². The predicted octanol–water partition coefficient (Wildman–Crippen LogP) is 4.05. The molecule has 1 N–H and O–H groups in total. The van der Waals surface area contributed by atoms with Crippen LogP contribution in [0.2, 0.25) is 0 Å². The van der Waals surface area contributed by atoms with E-state index in [2.05, 4.69) is 9.97 Å². The van der Waals surface area contributed by atoms with E-state index >= 15 is 0 Å². The van der Waals surface area contributed by atoms with Crippen LogP contribution in [0.1, 0.15) is 12.8 Å². The summed E-state index contributed by atoms with van der Waals surface area (Å²) in [6.07, 6.45) is 2.52. The van der Waals surface area contributed by atoms with Crippen molar-refractivity contribution in [2.24, 2.45) is 0 Å². The first-order valence-corrected chi connectivity index (χ1v) is 15.9. The number of aliphatic carboxylic acids is 1. The number of methoxy groups -OCH3 is 3. The second-order valence-corrected chi connectivity index (χ2v) is 12.3. The zero-order valence-electron chi connectivity index (χ0n) is 25.4. The molecule has 0 amide bonds. The van der Waals surface area contributed by atoms with E-state index < -0.39 is 11.9 Å². The highest BCUT2D eigenvalue weighted by molar-refractivity contribution is 7.26.